The second-order valence-electron chi connectivity index (χ2n) is 10.9. The van der Waals surface area contributed by atoms with Crippen molar-refractivity contribution in [2.45, 2.75) is 63.0 Å². The zero-order valence-electron chi connectivity index (χ0n) is 21.4. The van der Waals surface area contributed by atoms with Crippen molar-refractivity contribution in [3.8, 4) is 11.8 Å². The minimum atomic E-state index is -4.58. The molecule has 8 nitrogen and oxygen atoms in total. The number of carbonyl (C=O) groups excluding carboxylic acids is 2. The number of fused-ring (bicyclic) bond motifs is 1. The summed E-state index contributed by atoms with van der Waals surface area (Å²) in [6.45, 7) is 3.61. The third-order valence-electron chi connectivity index (χ3n) is 7.45. The smallest absolute Gasteiger partial charge is 0.425 e. The lowest BCUT2D eigenvalue weighted by molar-refractivity contribution is -0.201. The highest BCUT2D eigenvalue weighted by Gasteiger charge is 2.54. The third kappa shape index (κ3) is 5.28. The van der Waals surface area contributed by atoms with E-state index >= 15 is 0 Å². The van der Waals surface area contributed by atoms with Crippen molar-refractivity contribution < 1.29 is 27.5 Å². The van der Waals surface area contributed by atoms with E-state index in [0.29, 0.717) is 23.1 Å². The first-order valence-corrected chi connectivity index (χ1v) is 12.7. The van der Waals surface area contributed by atoms with Crippen LogP contribution in [0.15, 0.2) is 53.5 Å². The summed E-state index contributed by atoms with van der Waals surface area (Å²) in [4.78, 5) is 32.5. The zero-order chi connectivity index (χ0) is 28.1. The van der Waals surface area contributed by atoms with Crippen molar-refractivity contribution in [2.24, 2.45) is 22.6 Å². The van der Waals surface area contributed by atoms with E-state index in [4.69, 9.17) is 10.5 Å². The summed E-state index contributed by atoms with van der Waals surface area (Å²) in [7, 11) is 0. The van der Waals surface area contributed by atoms with E-state index in [1.165, 1.54) is 11.0 Å². The van der Waals surface area contributed by atoms with Crippen LogP contribution in [0.2, 0.25) is 0 Å². The maximum absolute atomic E-state index is 13.5. The monoisotopic (exact) mass is 539 g/mol. The van der Waals surface area contributed by atoms with E-state index in [1.807, 2.05) is 0 Å². The van der Waals surface area contributed by atoms with Gasteiger partial charge in [-0.2, -0.15) is 18.4 Å². The zero-order valence-corrected chi connectivity index (χ0v) is 21.4. The molecule has 2 aromatic rings. The quantitative estimate of drug-likeness (QED) is 0.592. The topological polar surface area (TPSA) is 121 Å². The number of carbonyl (C=O) groups is 2. The Balaban J connectivity index is 1.41. The molecule has 0 radical (unpaired) electrons. The Morgan fingerprint density at radius 3 is 2.54 bits per heavy atom. The molecule has 5 atom stereocenters. The van der Waals surface area contributed by atoms with Crippen LogP contribution in [0.1, 0.15) is 61.9 Å². The van der Waals surface area contributed by atoms with E-state index in [1.54, 1.807) is 56.3 Å². The predicted molar refractivity (Wildman–Crippen MR) is 135 cm³/mol. The van der Waals surface area contributed by atoms with Crippen LogP contribution in [-0.4, -0.2) is 40.5 Å². The molecule has 11 heteroatoms. The van der Waals surface area contributed by atoms with E-state index in [-0.39, 0.29) is 30.0 Å². The van der Waals surface area contributed by atoms with Crippen molar-refractivity contribution in [3.05, 3.63) is 65.2 Å². The summed E-state index contributed by atoms with van der Waals surface area (Å²) in [5.74, 6) is -1.40. The number of para-hydroxylation sites is 1. The molecule has 0 saturated heterocycles. The summed E-state index contributed by atoms with van der Waals surface area (Å²) >= 11 is 0. The van der Waals surface area contributed by atoms with Crippen LogP contribution in [0.4, 0.5) is 13.2 Å². The molecule has 5 rings (SSSR count). The van der Waals surface area contributed by atoms with E-state index < -0.39 is 48.1 Å². The summed E-state index contributed by atoms with van der Waals surface area (Å²) in [6, 6.07) is 13.6. The van der Waals surface area contributed by atoms with Crippen LogP contribution in [0.25, 0.3) is 0 Å². The van der Waals surface area contributed by atoms with Gasteiger partial charge in [0, 0.05) is 17.9 Å². The molecule has 0 bridgehead atoms. The molecule has 1 aliphatic carbocycles. The number of nitrogens with two attached hydrogens (primary N) is 1. The number of nitriles is 1. The van der Waals surface area contributed by atoms with Gasteiger partial charge in [0.15, 0.2) is 12.1 Å². The van der Waals surface area contributed by atoms with Gasteiger partial charge in [-0.05, 0) is 49.9 Å². The number of benzene rings is 2. The summed E-state index contributed by atoms with van der Waals surface area (Å²) in [6.07, 6.45) is -6.53. The summed E-state index contributed by atoms with van der Waals surface area (Å²) < 4.78 is 45.8. The van der Waals surface area contributed by atoms with Crippen LogP contribution in [-0.2, 0) is 9.59 Å². The second kappa shape index (κ2) is 9.59. The molecule has 204 valence electrons. The predicted octanol–water partition coefficient (Wildman–Crippen LogP) is 4.13. The van der Waals surface area contributed by atoms with Gasteiger partial charge in [0.1, 0.15) is 5.75 Å². The van der Waals surface area contributed by atoms with Crippen molar-refractivity contribution >= 4 is 17.8 Å². The number of halogens is 3. The Labute approximate surface area is 223 Å². The third-order valence-corrected chi connectivity index (χ3v) is 7.45. The number of hydrogen-bond donors (Lipinski definition) is 2. The molecule has 3 N–H and O–H groups in total. The number of nitrogens with one attached hydrogen (secondary N) is 1. The number of rotatable bonds is 5. The highest BCUT2D eigenvalue weighted by Crippen LogP contribution is 2.52. The molecule has 1 fully saturated rings. The van der Waals surface area contributed by atoms with Gasteiger partial charge in [0.25, 0.3) is 0 Å². The molecule has 1 unspecified atom stereocenters. The van der Waals surface area contributed by atoms with Gasteiger partial charge in [-0.25, -0.2) is 4.99 Å². The molecule has 39 heavy (non-hydrogen) atoms. The molecule has 2 heterocycles. The van der Waals surface area contributed by atoms with Gasteiger partial charge in [-0.1, -0.05) is 30.3 Å². The number of ether oxygens (including phenoxy) is 1. The van der Waals surface area contributed by atoms with E-state index in [0.717, 1.165) is 0 Å². The Morgan fingerprint density at radius 2 is 1.90 bits per heavy atom. The average molecular weight is 540 g/mol. The van der Waals surface area contributed by atoms with Crippen LogP contribution in [0.5, 0.6) is 5.75 Å². The average Bonchev–Trinajstić information content (AvgIpc) is 3.66. The van der Waals surface area contributed by atoms with E-state index in [2.05, 4.69) is 16.4 Å². The van der Waals surface area contributed by atoms with Gasteiger partial charge in [0.2, 0.25) is 11.8 Å². The lowest BCUT2D eigenvalue weighted by Gasteiger charge is -2.38. The minimum Gasteiger partial charge on any atom is -0.480 e. The highest BCUT2D eigenvalue weighted by molar-refractivity contribution is 5.99. The van der Waals surface area contributed by atoms with E-state index in [9.17, 15) is 28.0 Å². The largest absolute Gasteiger partial charge is 0.480 e. The van der Waals surface area contributed by atoms with Gasteiger partial charge in [-0.15, -0.1) is 0 Å². The molecule has 2 aromatic carbocycles. The molecular weight excluding hydrogens is 511 g/mol. The fraction of sp³-hybridized carbons (Fsp3) is 0.429. The van der Waals surface area contributed by atoms with Crippen LogP contribution < -0.4 is 15.8 Å². The van der Waals surface area contributed by atoms with Crippen LogP contribution in [0.3, 0.4) is 0 Å². The van der Waals surface area contributed by atoms with Gasteiger partial charge in [-0.3, -0.25) is 14.5 Å². The summed E-state index contributed by atoms with van der Waals surface area (Å²) in [5, 5.41) is 12.0. The number of alkyl halides is 3. The van der Waals surface area contributed by atoms with Crippen molar-refractivity contribution in [3.63, 3.8) is 0 Å². The van der Waals surface area contributed by atoms with Gasteiger partial charge in [0.05, 0.1) is 35.7 Å². The Kier molecular flexibility index (Phi) is 6.53. The first kappa shape index (κ1) is 26.5. The number of hydrogen-bond acceptors (Lipinski definition) is 6. The number of amides is 2. The maximum Gasteiger partial charge on any atom is 0.425 e. The van der Waals surface area contributed by atoms with Crippen molar-refractivity contribution in [2.75, 3.05) is 0 Å². The van der Waals surface area contributed by atoms with Crippen LogP contribution in [0, 0.1) is 23.2 Å². The molecular formula is C28H28F3N5O3. The van der Waals surface area contributed by atoms with Crippen LogP contribution >= 0.6 is 0 Å². The lowest BCUT2D eigenvalue weighted by atomic mass is 9.93. The minimum absolute atomic E-state index is 0.0445. The van der Waals surface area contributed by atoms with Gasteiger partial charge >= 0.3 is 6.18 Å². The molecule has 0 aromatic heterocycles. The van der Waals surface area contributed by atoms with Crippen molar-refractivity contribution in [1.82, 2.24) is 10.2 Å². The normalized spacial score (nSPS) is 26.4. The lowest BCUT2D eigenvalue weighted by Crippen LogP contribution is -2.52. The fourth-order valence-electron chi connectivity index (χ4n) is 5.53. The SMILES string of the molecule is CC1(C)CC(=O)N(C(c2ccc(C#N)cc2)[C@@H]2C[C@H]2C(=O)N[C@H]2C[C@H](C(F)(F)F)Oc3ccccc32)C(N)=N1. The fourth-order valence-corrected chi connectivity index (χ4v) is 5.53. The summed E-state index contributed by atoms with van der Waals surface area (Å²) in [5.41, 5.74) is 7.21. The standard InChI is InChI=1S/C28H28F3N5O3/c1-27(2)13-23(37)36(26(33)35-27)24(16-9-7-15(14-32)8-10-16)18-11-19(18)25(38)34-20-12-22(28(29,30)31)39-21-6-4-3-5-17(20)21/h3-10,18-20,22,24H,11-13H2,1-2H3,(H2,33,35)(H,34,38)/t18-,19-,20+,22-,24?/m1/s1. The first-order valence-electron chi connectivity index (χ1n) is 12.7. The molecule has 2 amide bonds. The highest BCUT2D eigenvalue weighted by atomic mass is 19.4. The number of guanidine groups is 1. The second-order valence-corrected chi connectivity index (χ2v) is 10.9. The first-order chi connectivity index (χ1) is 18.4. The Morgan fingerprint density at radius 1 is 1.21 bits per heavy atom. The van der Waals surface area contributed by atoms with Gasteiger partial charge < -0.3 is 15.8 Å². The molecule has 3 aliphatic rings. The Bertz CT molecular complexity index is 1370. The molecule has 2 aliphatic heterocycles. The molecule has 0 spiro atoms. The number of nitrogens with zero attached hydrogens (tertiary/aromatic N) is 3. The number of aliphatic imine (C=N–C) groups is 1. The maximum atomic E-state index is 13.5. The molecule has 1 saturated carbocycles. The Hall–Kier alpha value is -4.07. The van der Waals surface area contributed by atoms with Crippen molar-refractivity contribution in [1.29, 1.82) is 5.26 Å².